The van der Waals surface area contributed by atoms with Gasteiger partial charge < -0.3 is 39.2 Å². The number of aromatic amines is 1. The number of H-pyrrole nitrogens is 1. The molecule has 4 rings (SSSR count). The molecule has 1 saturated heterocycles. The first-order valence-electron chi connectivity index (χ1n) is 8.46. The highest BCUT2D eigenvalue weighted by Gasteiger charge is 2.36. The largest absolute Gasteiger partial charge is 0.669 e. The van der Waals surface area contributed by atoms with Gasteiger partial charge in [0.15, 0.2) is 5.82 Å². The van der Waals surface area contributed by atoms with E-state index < -0.39 is 18.8 Å². The first-order valence-corrected chi connectivity index (χ1v) is 8.46. The lowest BCUT2D eigenvalue weighted by atomic mass is 9.70. The first kappa shape index (κ1) is 17.4. The van der Waals surface area contributed by atoms with Gasteiger partial charge in [-0.3, -0.25) is 4.79 Å². The summed E-state index contributed by atoms with van der Waals surface area (Å²) in [6.45, 7) is -2.60. The number of nitrogens with zero attached hydrogens (tertiary/aromatic N) is 2. The number of carbonyl (C=O) groups excluding carboxylic acids is 2. The standard InChI is InChI=1S/C16H17BN3O7/c21-15(14-18-5-6-19-14)20-7-10(8-20)26-11-2-1-9-3-4-17(24,25)27-13(9)12(11)16(22)23/h1-2,5-6,10,24-25H,3-4,7-8H2,(H,18,19)(H,22,23)/q-1/p-1. The molecule has 1 fully saturated rings. The molecule has 0 spiro atoms. The van der Waals surface area contributed by atoms with Gasteiger partial charge in [-0.25, -0.2) is 4.98 Å². The Hall–Kier alpha value is -3.05. The summed E-state index contributed by atoms with van der Waals surface area (Å²) in [4.78, 5) is 31.9. The maximum atomic E-state index is 12.1. The Balaban J connectivity index is 1.50. The Morgan fingerprint density at radius 3 is 2.81 bits per heavy atom. The second-order valence-electron chi connectivity index (χ2n) is 6.62. The molecule has 10 nitrogen and oxygen atoms in total. The third-order valence-corrected chi connectivity index (χ3v) is 4.63. The lowest BCUT2D eigenvalue weighted by molar-refractivity contribution is -0.255. The van der Waals surface area contributed by atoms with E-state index in [9.17, 15) is 24.7 Å². The topological polar surface area (TPSA) is 148 Å². The lowest BCUT2D eigenvalue weighted by Crippen LogP contribution is -2.56. The van der Waals surface area contributed by atoms with Gasteiger partial charge in [-0.15, -0.1) is 0 Å². The van der Waals surface area contributed by atoms with Crippen molar-refractivity contribution in [3.63, 3.8) is 0 Å². The van der Waals surface area contributed by atoms with Crippen LogP contribution in [0.5, 0.6) is 11.5 Å². The molecule has 0 aliphatic carbocycles. The van der Waals surface area contributed by atoms with Gasteiger partial charge in [-0.1, -0.05) is 12.4 Å². The molecular formula is C16H16BN3O7-2. The van der Waals surface area contributed by atoms with Crippen LogP contribution < -0.4 is 14.5 Å². The zero-order valence-corrected chi connectivity index (χ0v) is 14.1. The monoisotopic (exact) mass is 373 g/mol. The average Bonchev–Trinajstić information content (AvgIpc) is 3.10. The van der Waals surface area contributed by atoms with Gasteiger partial charge in [0.1, 0.15) is 11.9 Å². The predicted octanol–water partition coefficient (Wildman–Crippen LogP) is -1.46. The molecule has 27 heavy (non-hydrogen) atoms. The molecule has 142 valence electrons. The average molecular weight is 373 g/mol. The third-order valence-electron chi connectivity index (χ3n) is 4.63. The Morgan fingerprint density at radius 2 is 2.15 bits per heavy atom. The number of carboxylic acid groups (broad SMARTS) is 1. The van der Waals surface area contributed by atoms with Crippen molar-refractivity contribution in [1.82, 2.24) is 14.9 Å². The van der Waals surface area contributed by atoms with Crippen LogP contribution in [-0.2, 0) is 6.42 Å². The number of imidazole rings is 1. The number of hydrogen-bond donors (Lipinski definition) is 3. The molecule has 0 atom stereocenters. The third kappa shape index (κ3) is 3.22. The van der Waals surface area contributed by atoms with E-state index in [1.54, 1.807) is 12.3 Å². The molecule has 1 amide bonds. The van der Waals surface area contributed by atoms with Gasteiger partial charge in [0.05, 0.1) is 30.4 Å². The summed E-state index contributed by atoms with van der Waals surface area (Å²) in [5.41, 5.74) is 0.169. The number of carboxylic acids is 1. The summed E-state index contributed by atoms with van der Waals surface area (Å²) >= 11 is 0. The molecule has 0 radical (unpaired) electrons. The Labute approximate surface area is 153 Å². The van der Waals surface area contributed by atoms with E-state index in [-0.39, 0.29) is 54.6 Å². The second-order valence-corrected chi connectivity index (χ2v) is 6.62. The summed E-state index contributed by atoms with van der Waals surface area (Å²) in [5, 5.41) is 31.1. The number of amides is 1. The van der Waals surface area contributed by atoms with Gasteiger partial charge in [-0.05, 0) is 18.1 Å². The number of ether oxygens (including phenoxy) is 1. The highest BCUT2D eigenvalue weighted by atomic mass is 16.6. The quantitative estimate of drug-likeness (QED) is 0.551. The number of nitrogens with one attached hydrogen (secondary N) is 1. The lowest BCUT2D eigenvalue weighted by Gasteiger charge is -2.40. The predicted molar refractivity (Wildman–Crippen MR) is 89.0 cm³/mol. The van der Waals surface area contributed by atoms with Crippen molar-refractivity contribution < 1.29 is 34.1 Å². The first-order chi connectivity index (χ1) is 12.8. The zero-order chi connectivity index (χ0) is 19.2. The van der Waals surface area contributed by atoms with Crippen LogP contribution in [0.2, 0.25) is 6.32 Å². The van der Waals surface area contributed by atoms with E-state index in [1.807, 2.05) is 0 Å². The maximum Gasteiger partial charge on any atom is 0.430 e. The number of aryl methyl sites for hydroxylation is 1. The van der Waals surface area contributed by atoms with Crippen LogP contribution in [0.3, 0.4) is 0 Å². The van der Waals surface area contributed by atoms with Crippen LogP contribution in [0.1, 0.15) is 26.5 Å². The Kier molecular flexibility index (Phi) is 4.04. The van der Waals surface area contributed by atoms with Crippen molar-refractivity contribution in [3.05, 3.63) is 41.5 Å². The second kappa shape index (κ2) is 6.29. The summed E-state index contributed by atoms with van der Waals surface area (Å²) < 4.78 is 10.8. The summed E-state index contributed by atoms with van der Waals surface area (Å²) in [6, 6.07) is 3.10. The minimum atomic E-state index is -3.12. The van der Waals surface area contributed by atoms with Gasteiger partial charge in [0, 0.05) is 12.4 Å². The number of aromatic carboxylic acids is 1. The molecule has 1 aromatic heterocycles. The van der Waals surface area contributed by atoms with Crippen molar-refractivity contribution in [1.29, 1.82) is 0 Å². The van der Waals surface area contributed by atoms with Crippen LogP contribution in [0.15, 0.2) is 24.5 Å². The van der Waals surface area contributed by atoms with E-state index in [1.165, 1.54) is 17.2 Å². The fourth-order valence-corrected chi connectivity index (χ4v) is 3.21. The molecule has 0 unspecified atom stereocenters. The van der Waals surface area contributed by atoms with E-state index in [2.05, 4.69) is 9.97 Å². The number of carbonyl (C=O) groups is 2. The van der Waals surface area contributed by atoms with Gasteiger partial charge in [0.2, 0.25) is 0 Å². The minimum absolute atomic E-state index is 0.00246. The minimum Gasteiger partial charge on any atom is -0.669 e. The van der Waals surface area contributed by atoms with Crippen molar-refractivity contribution in [2.45, 2.75) is 18.8 Å². The number of hydrogen-bond acceptors (Lipinski definition) is 8. The van der Waals surface area contributed by atoms with Gasteiger partial charge in [0.25, 0.3) is 5.91 Å². The van der Waals surface area contributed by atoms with Crippen LogP contribution in [0, 0.1) is 0 Å². The Bertz CT molecular complexity index is 894. The van der Waals surface area contributed by atoms with E-state index in [0.29, 0.717) is 5.56 Å². The van der Waals surface area contributed by atoms with Crippen molar-refractivity contribution in [2.24, 2.45) is 0 Å². The fourth-order valence-electron chi connectivity index (χ4n) is 3.21. The fraction of sp³-hybridized carbons (Fsp3) is 0.312. The summed E-state index contributed by atoms with van der Waals surface area (Å²) in [7, 11) is 0. The number of aromatic nitrogens is 2. The number of fused-ring (bicyclic) bond motifs is 1. The van der Waals surface area contributed by atoms with E-state index in [4.69, 9.17) is 9.39 Å². The number of likely N-dealkylation sites (tertiary alicyclic amines) is 1. The van der Waals surface area contributed by atoms with Crippen molar-refractivity contribution in [2.75, 3.05) is 13.1 Å². The maximum absolute atomic E-state index is 12.1. The van der Waals surface area contributed by atoms with E-state index in [0.717, 1.165) is 0 Å². The van der Waals surface area contributed by atoms with Crippen LogP contribution >= 0.6 is 0 Å². The molecule has 0 bridgehead atoms. The summed E-state index contributed by atoms with van der Waals surface area (Å²) in [5.74, 6) is -1.75. The number of rotatable bonds is 4. The molecule has 0 saturated carbocycles. The SMILES string of the molecule is O=C([O-])c1c(OC2CN(C(=O)c3ncc[nH]3)C2)ccc2c1O[B-](O)(O)CC2. The normalized spacial score (nSPS) is 18.2. The molecule has 3 N–H and O–H groups in total. The molecule has 2 aromatic rings. The smallest absolute Gasteiger partial charge is 0.430 e. The Morgan fingerprint density at radius 1 is 1.37 bits per heavy atom. The van der Waals surface area contributed by atoms with Crippen LogP contribution in [0.4, 0.5) is 0 Å². The van der Waals surface area contributed by atoms with Crippen LogP contribution in [0.25, 0.3) is 0 Å². The summed E-state index contributed by atoms with van der Waals surface area (Å²) in [6.07, 6.45) is 2.85. The molecule has 1 aromatic carbocycles. The highest BCUT2D eigenvalue weighted by molar-refractivity contribution is 6.59. The molecule has 2 aliphatic heterocycles. The van der Waals surface area contributed by atoms with Crippen LogP contribution in [-0.4, -0.2) is 62.7 Å². The van der Waals surface area contributed by atoms with Gasteiger partial charge >= 0.3 is 6.75 Å². The van der Waals surface area contributed by atoms with E-state index >= 15 is 0 Å². The number of benzene rings is 1. The molecule has 11 heteroatoms. The zero-order valence-electron chi connectivity index (χ0n) is 14.1. The molecular weight excluding hydrogens is 357 g/mol. The van der Waals surface area contributed by atoms with Crippen molar-refractivity contribution in [3.8, 4) is 11.5 Å². The molecule has 2 aliphatic rings. The van der Waals surface area contributed by atoms with Gasteiger partial charge in [-0.2, -0.15) is 0 Å². The highest BCUT2D eigenvalue weighted by Crippen LogP contribution is 2.38. The van der Waals surface area contributed by atoms with Crippen molar-refractivity contribution >= 4 is 18.6 Å². The molecule has 3 heterocycles.